The quantitative estimate of drug-likeness (QED) is 0.675. The maximum Gasteiger partial charge on any atom is 0.338 e. The van der Waals surface area contributed by atoms with Gasteiger partial charge >= 0.3 is 5.69 Å². The highest BCUT2D eigenvalue weighted by Crippen LogP contribution is 2.09. The van der Waals surface area contributed by atoms with Crippen LogP contribution < -0.4 is 5.69 Å². The van der Waals surface area contributed by atoms with Gasteiger partial charge in [-0.1, -0.05) is 6.07 Å². The zero-order valence-electron chi connectivity index (χ0n) is 9.75. The van der Waals surface area contributed by atoms with E-state index in [2.05, 4.69) is 4.98 Å². The smallest absolute Gasteiger partial charge is 0.269 e. The van der Waals surface area contributed by atoms with Crippen molar-refractivity contribution in [3.05, 3.63) is 64.7 Å². The van der Waals surface area contributed by atoms with Gasteiger partial charge in [0, 0.05) is 12.4 Å². The molecule has 96 valence electrons. The van der Waals surface area contributed by atoms with Crippen molar-refractivity contribution in [1.29, 1.82) is 0 Å². The molecule has 0 aliphatic heterocycles. The maximum atomic E-state index is 13.2. The van der Waals surface area contributed by atoms with Crippen molar-refractivity contribution < 1.29 is 4.39 Å². The standard InChI is InChI=1S/C13H9ClFN3O/c14-7-10-8-18-12(16-10)4-5-17(13(18)19)11-3-1-2-9(15)6-11/h1-6,8H,7H2. The van der Waals surface area contributed by atoms with Gasteiger partial charge in [-0.25, -0.2) is 14.2 Å². The van der Waals surface area contributed by atoms with Crippen molar-refractivity contribution in [2.24, 2.45) is 0 Å². The predicted octanol–water partition coefficient (Wildman–Crippen LogP) is 2.36. The molecule has 2 aromatic heterocycles. The lowest BCUT2D eigenvalue weighted by molar-refractivity contribution is 0.626. The summed E-state index contributed by atoms with van der Waals surface area (Å²) < 4.78 is 16.0. The lowest BCUT2D eigenvalue weighted by Crippen LogP contribution is -2.24. The summed E-state index contributed by atoms with van der Waals surface area (Å²) in [6.45, 7) is 0. The average molecular weight is 278 g/mol. The topological polar surface area (TPSA) is 39.3 Å². The van der Waals surface area contributed by atoms with E-state index in [9.17, 15) is 9.18 Å². The van der Waals surface area contributed by atoms with E-state index in [-0.39, 0.29) is 11.6 Å². The Bertz CT molecular complexity index is 809. The summed E-state index contributed by atoms with van der Waals surface area (Å²) in [7, 11) is 0. The molecule has 0 spiro atoms. The van der Waals surface area contributed by atoms with Crippen molar-refractivity contribution in [2.75, 3.05) is 0 Å². The molecule has 0 aliphatic carbocycles. The molecule has 0 atom stereocenters. The summed E-state index contributed by atoms with van der Waals surface area (Å²) in [6, 6.07) is 7.53. The number of fused-ring (bicyclic) bond motifs is 1. The molecule has 19 heavy (non-hydrogen) atoms. The lowest BCUT2D eigenvalue weighted by Gasteiger charge is -2.05. The number of alkyl halides is 1. The third kappa shape index (κ3) is 2.02. The van der Waals surface area contributed by atoms with E-state index in [1.165, 1.54) is 21.1 Å². The number of rotatable bonds is 2. The fraction of sp³-hybridized carbons (Fsp3) is 0.0769. The molecule has 0 fully saturated rings. The number of benzene rings is 1. The Kier molecular flexibility index (Phi) is 2.83. The van der Waals surface area contributed by atoms with Crippen molar-refractivity contribution >= 4 is 17.2 Å². The first-order valence-electron chi connectivity index (χ1n) is 5.60. The summed E-state index contributed by atoms with van der Waals surface area (Å²) >= 11 is 5.69. The van der Waals surface area contributed by atoms with Crippen LogP contribution >= 0.6 is 11.6 Å². The third-order valence-corrected chi connectivity index (χ3v) is 3.07. The molecule has 6 heteroatoms. The second-order valence-electron chi connectivity index (χ2n) is 4.04. The summed E-state index contributed by atoms with van der Waals surface area (Å²) in [5, 5.41) is 0. The SMILES string of the molecule is O=c1n(-c2cccc(F)c2)ccc2nc(CCl)cn12. The number of imidazole rings is 1. The first-order chi connectivity index (χ1) is 9.19. The Morgan fingerprint density at radius 1 is 1.32 bits per heavy atom. The van der Waals surface area contributed by atoms with E-state index in [0.717, 1.165) is 0 Å². The minimum Gasteiger partial charge on any atom is -0.269 e. The molecule has 0 saturated carbocycles. The molecule has 0 unspecified atom stereocenters. The Balaban J connectivity index is 2.25. The third-order valence-electron chi connectivity index (χ3n) is 2.79. The number of halogens is 2. The van der Waals surface area contributed by atoms with Crippen LogP contribution in [0.2, 0.25) is 0 Å². The van der Waals surface area contributed by atoms with Crippen molar-refractivity contribution in [3.63, 3.8) is 0 Å². The second kappa shape index (κ2) is 4.51. The van der Waals surface area contributed by atoms with Gasteiger partial charge in [0.05, 0.1) is 17.3 Å². The molecule has 0 N–H and O–H groups in total. The first-order valence-corrected chi connectivity index (χ1v) is 6.14. The van der Waals surface area contributed by atoms with Gasteiger partial charge in [0.1, 0.15) is 11.5 Å². The van der Waals surface area contributed by atoms with Crippen molar-refractivity contribution in [2.45, 2.75) is 5.88 Å². The molecular formula is C13H9ClFN3O. The first kappa shape index (κ1) is 11.9. The molecule has 0 radical (unpaired) electrons. The zero-order valence-corrected chi connectivity index (χ0v) is 10.5. The molecule has 3 aromatic rings. The van der Waals surface area contributed by atoms with Gasteiger partial charge in [-0.05, 0) is 24.3 Å². The van der Waals surface area contributed by atoms with Gasteiger partial charge in [-0.15, -0.1) is 11.6 Å². The lowest BCUT2D eigenvalue weighted by atomic mass is 10.3. The molecule has 0 amide bonds. The average Bonchev–Trinajstić information content (AvgIpc) is 2.83. The molecule has 0 saturated heterocycles. The number of aromatic nitrogens is 3. The fourth-order valence-corrected chi connectivity index (χ4v) is 2.05. The summed E-state index contributed by atoms with van der Waals surface area (Å²) in [5.74, 6) is -0.155. The normalized spacial score (nSPS) is 11.1. The number of hydrogen-bond acceptors (Lipinski definition) is 2. The van der Waals surface area contributed by atoms with E-state index < -0.39 is 5.82 Å². The van der Waals surface area contributed by atoms with Gasteiger partial charge < -0.3 is 0 Å². The van der Waals surface area contributed by atoms with Crippen molar-refractivity contribution in [1.82, 2.24) is 14.0 Å². The fourth-order valence-electron chi connectivity index (χ4n) is 1.92. The molecule has 0 bridgehead atoms. The maximum absolute atomic E-state index is 13.2. The molecule has 3 rings (SSSR count). The minimum atomic E-state index is -0.392. The second-order valence-corrected chi connectivity index (χ2v) is 4.31. The minimum absolute atomic E-state index is 0.237. The van der Waals surface area contributed by atoms with Gasteiger partial charge in [-0.2, -0.15) is 0 Å². The van der Waals surface area contributed by atoms with Gasteiger partial charge in [0.15, 0.2) is 0 Å². The molecular weight excluding hydrogens is 269 g/mol. The highest BCUT2D eigenvalue weighted by molar-refractivity contribution is 6.16. The van der Waals surface area contributed by atoms with E-state index in [4.69, 9.17) is 11.6 Å². The van der Waals surface area contributed by atoms with Gasteiger partial charge in [-0.3, -0.25) is 8.97 Å². The van der Waals surface area contributed by atoms with Crippen LogP contribution in [0.25, 0.3) is 11.3 Å². The Labute approximate surface area is 112 Å². The van der Waals surface area contributed by atoms with Crippen LogP contribution in [0, 0.1) is 5.82 Å². The molecule has 1 aromatic carbocycles. The Morgan fingerprint density at radius 3 is 2.89 bits per heavy atom. The van der Waals surface area contributed by atoms with Crippen LogP contribution in [0.3, 0.4) is 0 Å². The highest BCUT2D eigenvalue weighted by atomic mass is 35.5. The largest absolute Gasteiger partial charge is 0.338 e. The van der Waals surface area contributed by atoms with E-state index in [1.54, 1.807) is 30.6 Å². The molecule has 4 nitrogen and oxygen atoms in total. The highest BCUT2D eigenvalue weighted by Gasteiger charge is 2.07. The van der Waals surface area contributed by atoms with Crippen LogP contribution in [0.1, 0.15) is 5.69 Å². The predicted molar refractivity (Wildman–Crippen MR) is 70.3 cm³/mol. The van der Waals surface area contributed by atoms with E-state index in [0.29, 0.717) is 17.0 Å². The van der Waals surface area contributed by atoms with E-state index >= 15 is 0 Å². The van der Waals surface area contributed by atoms with Crippen molar-refractivity contribution in [3.8, 4) is 5.69 Å². The number of nitrogens with zero attached hydrogens (tertiary/aromatic N) is 3. The van der Waals surface area contributed by atoms with Crippen LogP contribution in [-0.4, -0.2) is 14.0 Å². The van der Waals surface area contributed by atoms with Crippen LogP contribution in [-0.2, 0) is 5.88 Å². The number of hydrogen-bond donors (Lipinski definition) is 0. The summed E-state index contributed by atoms with van der Waals surface area (Å²) in [5.41, 5.74) is 1.30. The van der Waals surface area contributed by atoms with Crippen LogP contribution in [0.5, 0.6) is 0 Å². The molecule has 0 aliphatic rings. The Morgan fingerprint density at radius 2 is 2.16 bits per heavy atom. The van der Waals surface area contributed by atoms with Gasteiger partial charge in [0.25, 0.3) is 0 Å². The van der Waals surface area contributed by atoms with E-state index in [1.807, 2.05) is 0 Å². The van der Waals surface area contributed by atoms with Gasteiger partial charge in [0.2, 0.25) is 0 Å². The zero-order chi connectivity index (χ0) is 13.4. The molecule has 2 heterocycles. The summed E-state index contributed by atoms with van der Waals surface area (Å²) in [4.78, 5) is 16.5. The summed E-state index contributed by atoms with van der Waals surface area (Å²) in [6.07, 6.45) is 3.15. The van der Waals surface area contributed by atoms with Crippen LogP contribution in [0.4, 0.5) is 4.39 Å². The van der Waals surface area contributed by atoms with Crippen LogP contribution in [0.15, 0.2) is 47.5 Å². The monoisotopic (exact) mass is 277 g/mol. The Hall–Kier alpha value is -2.14.